The second-order valence-corrected chi connectivity index (χ2v) is 12.0. The second kappa shape index (κ2) is 12.8. The standard InChI is InChI=1S/C30H43N3O6/c1-30(2,3)39-28(36)25-13-17-32(18-14-25)26(34)23-9-15-31(16-10-23)27(35)24-11-19-33(20-12-24)29(37)38-21-22-7-5-4-6-8-22/h4-8,23-25H,9-21H2,1-3H3. The van der Waals surface area contributed by atoms with Gasteiger partial charge in [0.05, 0.1) is 5.92 Å². The van der Waals surface area contributed by atoms with E-state index in [-0.39, 0.29) is 48.2 Å². The molecule has 3 heterocycles. The number of piperidine rings is 3. The van der Waals surface area contributed by atoms with Crippen LogP contribution in [-0.2, 0) is 30.5 Å². The van der Waals surface area contributed by atoms with Crippen molar-refractivity contribution in [3.05, 3.63) is 35.9 Å². The monoisotopic (exact) mass is 541 g/mol. The van der Waals surface area contributed by atoms with Gasteiger partial charge in [0.2, 0.25) is 11.8 Å². The van der Waals surface area contributed by atoms with Crippen LogP contribution in [0.5, 0.6) is 0 Å². The van der Waals surface area contributed by atoms with Gasteiger partial charge in [-0.1, -0.05) is 30.3 Å². The fourth-order valence-electron chi connectivity index (χ4n) is 5.70. The van der Waals surface area contributed by atoms with Gasteiger partial charge in [0, 0.05) is 51.1 Å². The lowest BCUT2D eigenvalue weighted by atomic mass is 9.90. The molecule has 0 spiro atoms. The lowest BCUT2D eigenvalue weighted by Crippen LogP contribution is -2.49. The van der Waals surface area contributed by atoms with Crippen molar-refractivity contribution in [3.8, 4) is 0 Å². The van der Waals surface area contributed by atoms with E-state index in [0.717, 1.165) is 5.56 Å². The number of esters is 1. The van der Waals surface area contributed by atoms with Crippen molar-refractivity contribution in [2.45, 2.75) is 71.5 Å². The highest BCUT2D eigenvalue weighted by Crippen LogP contribution is 2.28. The first-order valence-electron chi connectivity index (χ1n) is 14.4. The maximum Gasteiger partial charge on any atom is 0.410 e. The molecule has 0 saturated carbocycles. The molecule has 0 unspecified atom stereocenters. The maximum atomic E-state index is 13.2. The largest absolute Gasteiger partial charge is 0.460 e. The molecule has 1 aromatic rings. The average molecular weight is 542 g/mol. The molecule has 39 heavy (non-hydrogen) atoms. The summed E-state index contributed by atoms with van der Waals surface area (Å²) in [5.74, 6) is -0.208. The molecule has 3 fully saturated rings. The van der Waals surface area contributed by atoms with Crippen molar-refractivity contribution >= 4 is 23.9 Å². The molecule has 1 aromatic carbocycles. The van der Waals surface area contributed by atoms with Crippen molar-refractivity contribution in [2.24, 2.45) is 17.8 Å². The van der Waals surface area contributed by atoms with Gasteiger partial charge in [0.25, 0.3) is 0 Å². The molecule has 3 amide bonds. The Balaban J connectivity index is 1.15. The van der Waals surface area contributed by atoms with Gasteiger partial charge in [-0.3, -0.25) is 14.4 Å². The summed E-state index contributed by atoms with van der Waals surface area (Å²) < 4.78 is 10.9. The number of ether oxygens (including phenoxy) is 2. The summed E-state index contributed by atoms with van der Waals surface area (Å²) in [6.07, 6.45) is 3.53. The number of carbonyl (C=O) groups is 4. The summed E-state index contributed by atoms with van der Waals surface area (Å²) in [5.41, 5.74) is 0.448. The van der Waals surface area contributed by atoms with Crippen LogP contribution in [0, 0.1) is 17.8 Å². The highest BCUT2D eigenvalue weighted by molar-refractivity contribution is 5.82. The van der Waals surface area contributed by atoms with Gasteiger partial charge < -0.3 is 24.2 Å². The molecule has 0 aliphatic carbocycles. The van der Waals surface area contributed by atoms with Crippen LogP contribution in [-0.4, -0.2) is 83.4 Å². The van der Waals surface area contributed by atoms with Crippen LogP contribution in [0.1, 0.15) is 64.9 Å². The summed E-state index contributed by atoms with van der Waals surface area (Å²) in [4.78, 5) is 56.6. The summed E-state index contributed by atoms with van der Waals surface area (Å²) in [6.45, 7) is 9.20. The molecule has 3 aliphatic rings. The normalized spacial score (nSPS) is 20.0. The Morgan fingerprint density at radius 3 is 1.59 bits per heavy atom. The topological polar surface area (TPSA) is 96.5 Å². The van der Waals surface area contributed by atoms with Gasteiger partial charge in [-0.05, 0) is 64.9 Å². The van der Waals surface area contributed by atoms with E-state index in [4.69, 9.17) is 9.47 Å². The number of amides is 3. The first-order valence-corrected chi connectivity index (χ1v) is 14.4. The third-order valence-corrected chi connectivity index (χ3v) is 8.01. The van der Waals surface area contributed by atoms with E-state index in [9.17, 15) is 19.2 Å². The molecule has 0 N–H and O–H groups in total. The Kier molecular flexibility index (Phi) is 9.51. The van der Waals surface area contributed by atoms with Crippen molar-refractivity contribution in [1.82, 2.24) is 14.7 Å². The quantitative estimate of drug-likeness (QED) is 0.526. The van der Waals surface area contributed by atoms with Crippen molar-refractivity contribution in [1.29, 1.82) is 0 Å². The third-order valence-electron chi connectivity index (χ3n) is 8.01. The van der Waals surface area contributed by atoms with Crippen LogP contribution in [0.25, 0.3) is 0 Å². The number of likely N-dealkylation sites (tertiary alicyclic amines) is 3. The Labute approximate surface area is 231 Å². The first kappa shape index (κ1) is 28.9. The smallest absolute Gasteiger partial charge is 0.410 e. The van der Waals surface area contributed by atoms with Gasteiger partial charge in [-0.25, -0.2) is 4.79 Å². The maximum absolute atomic E-state index is 13.2. The second-order valence-electron chi connectivity index (χ2n) is 12.0. The number of carbonyl (C=O) groups excluding carboxylic acids is 4. The lowest BCUT2D eigenvalue weighted by molar-refractivity contribution is -0.162. The fraction of sp³-hybridized carbons (Fsp3) is 0.667. The van der Waals surface area contributed by atoms with E-state index in [0.29, 0.717) is 77.8 Å². The van der Waals surface area contributed by atoms with Crippen molar-refractivity contribution in [3.63, 3.8) is 0 Å². The van der Waals surface area contributed by atoms with Gasteiger partial charge in [-0.15, -0.1) is 0 Å². The summed E-state index contributed by atoms with van der Waals surface area (Å²) >= 11 is 0. The van der Waals surface area contributed by atoms with Gasteiger partial charge in [0.1, 0.15) is 12.2 Å². The molecule has 0 radical (unpaired) electrons. The molecule has 3 aliphatic heterocycles. The van der Waals surface area contributed by atoms with E-state index in [1.807, 2.05) is 60.9 Å². The van der Waals surface area contributed by atoms with Crippen LogP contribution < -0.4 is 0 Å². The predicted molar refractivity (Wildman–Crippen MR) is 145 cm³/mol. The van der Waals surface area contributed by atoms with E-state index >= 15 is 0 Å². The first-order chi connectivity index (χ1) is 18.6. The van der Waals surface area contributed by atoms with Crippen molar-refractivity contribution in [2.75, 3.05) is 39.3 Å². The van der Waals surface area contributed by atoms with Crippen LogP contribution in [0.4, 0.5) is 4.79 Å². The van der Waals surface area contributed by atoms with Crippen LogP contribution >= 0.6 is 0 Å². The SMILES string of the molecule is CC(C)(C)OC(=O)C1CCN(C(=O)C2CCN(C(=O)C3CCN(C(=O)OCc4ccccc4)CC3)CC2)CC1. The number of hydrogen-bond donors (Lipinski definition) is 0. The average Bonchev–Trinajstić information content (AvgIpc) is 2.95. The number of hydrogen-bond acceptors (Lipinski definition) is 6. The highest BCUT2D eigenvalue weighted by Gasteiger charge is 2.37. The van der Waals surface area contributed by atoms with Gasteiger partial charge >= 0.3 is 12.1 Å². The molecular weight excluding hydrogens is 498 g/mol. The van der Waals surface area contributed by atoms with Crippen molar-refractivity contribution < 1.29 is 28.7 Å². The molecule has 3 saturated heterocycles. The zero-order valence-corrected chi connectivity index (χ0v) is 23.6. The minimum Gasteiger partial charge on any atom is -0.460 e. The number of nitrogens with zero attached hydrogens (tertiary/aromatic N) is 3. The molecule has 4 rings (SSSR count). The van der Waals surface area contributed by atoms with E-state index in [2.05, 4.69) is 0 Å². The molecule has 0 atom stereocenters. The molecule has 214 valence electrons. The van der Waals surface area contributed by atoms with Gasteiger partial charge in [0.15, 0.2) is 0 Å². The van der Waals surface area contributed by atoms with E-state index in [1.165, 1.54) is 0 Å². The highest BCUT2D eigenvalue weighted by atomic mass is 16.6. The van der Waals surface area contributed by atoms with Crippen LogP contribution in [0.15, 0.2) is 30.3 Å². The Morgan fingerprint density at radius 2 is 1.13 bits per heavy atom. The minimum absolute atomic E-state index is 0.0756. The molecule has 9 heteroatoms. The Bertz CT molecular complexity index is 999. The Hall–Kier alpha value is -3.10. The molecular formula is C30H43N3O6. The Morgan fingerprint density at radius 1 is 0.692 bits per heavy atom. The fourth-order valence-corrected chi connectivity index (χ4v) is 5.70. The molecule has 0 aromatic heterocycles. The summed E-state index contributed by atoms with van der Waals surface area (Å²) in [6, 6.07) is 9.59. The van der Waals surface area contributed by atoms with Gasteiger partial charge in [-0.2, -0.15) is 0 Å². The lowest BCUT2D eigenvalue weighted by Gasteiger charge is -2.39. The number of benzene rings is 1. The summed E-state index contributed by atoms with van der Waals surface area (Å²) in [5, 5.41) is 0. The van der Waals surface area contributed by atoms with Crippen LogP contribution in [0.3, 0.4) is 0 Å². The number of rotatable bonds is 5. The molecule has 0 bridgehead atoms. The predicted octanol–water partition coefficient (Wildman–Crippen LogP) is 3.85. The summed E-state index contributed by atoms with van der Waals surface area (Å²) in [7, 11) is 0. The van der Waals surface area contributed by atoms with Crippen LogP contribution in [0.2, 0.25) is 0 Å². The van der Waals surface area contributed by atoms with E-state index in [1.54, 1.807) is 4.90 Å². The van der Waals surface area contributed by atoms with E-state index < -0.39 is 5.60 Å². The zero-order valence-electron chi connectivity index (χ0n) is 23.6. The molecule has 9 nitrogen and oxygen atoms in total. The zero-order chi connectivity index (χ0) is 28.0. The minimum atomic E-state index is -0.499. The third kappa shape index (κ3) is 7.96.